The molecule has 1 aromatic heterocycles. The Morgan fingerprint density at radius 3 is 2.64 bits per heavy atom. The highest BCUT2D eigenvalue weighted by Crippen LogP contribution is 2.30. The number of carbonyl (C=O) groups excluding carboxylic acids is 1. The second kappa shape index (κ2) is 4.80. The molecule has 0 bridgehead atoms. The van der Waals surface area contributed by atoms with E-state index in [-0.39, 0.29) is 19.4 Å². The minimum Gasteiger partial charge on any atom is -0.274 e. The molecule has 0 unspecified atom stereocenters. The van der Waals surface area contributed by atoms with Crippen LogP contribution >= 0.6 is 50.1 Å². The predicted octanol–water partition coefficient (Wildman–Crippen LogP) is 3.77. The fourth-order valence-corrected chi connectivity index (χ4v) is 1.82. The van der Waals surface area contributed by atoms with Crippen molar-refractivity contribution in [3.05, 3.63) is 25.5 Å². The smallest absolute Gasteiger partial charge is 0.270 e. The Morgan fingerprint density at radius 2 is 2.21 bits per heavy atom. The van der Waals surface area contributed by atoms with Crippen molar-refractivity contribution < 1.29 is 13.6 Å². The number of nitrogens with zero attached hydrogens (tertiary/aromatic N) is 1. The SMILES string of the molecule is O=C(Cl)c1cc(C(F)F)c(Br)c(I)n1. The Kier molecular flexibility index (Phi) is 4.20. The summed E-state index contributed by atoms with van der Waals surface area (Å²) in [5.74, 6) is 0. The van der Waals surface area contributed by atoms with E-state index >= 15 is 0 Å². The van der Waals surface area contributed by atoms with Gasteiger partial charge in [-0.25, -0.2) is 13.8 Å². The lowest BCUT2D eigenvalue weighted by molar-refractivity contribution is 0.107. The maximum absolute atomic E-state index is 12.4. The van der Waals surface area contributed by atoms with E-state index in [1.54, 1.807) is 22.6 Å². The third-order valence-electron chi connectivity index (χ3n) is 1.38. The average Bonchev–Trinajstić information content (AvgIpc) is 2.08. The zero-order chi connectivity index (χ0) is 10.9. The van der Waals surface area contributed by atoms with Gasteiger partial charge >= 0.3 is 0 Å². The molecule has 0 aromatic carbocycles. The average molecular weight is 396 g/mol. The van der Waals surface area contributed by atoms with Gasteiger partial charge in [0.1, 0.15) is 9.39 Å². The minimum atomic E-state index is -2.67. The van der Waals surface area contributed by atoms with Crippen molar-refractivity contribution in [1.82, 2.24) is 4.98 Å². The van der Waals surface area contributed by atoms with E-state index in [0.29, 0.717) is 0 Å². The Balaban J connectivity index is 3.35. The number of rotatable bonds is 2. The first-order valence-electron chi connectivity index (χ1n) is 3.27. The second-order valence-electron chi connectivity index (χ2n) is 2.28. The van der Waals surface area contributed by atoms with Crippen LogP contribution in [0.5, 0.6) is 0 Å². The first-order chi connectivity index (χ1) is 6.43. The Hall–Kier alpha value is 0.180. The molecule has 0 saturated heterocycles. The maximum atomic E-state index is 12.4. The van der Waals surface area contributed by atoms with Crippen molar-refractivity contribution in [2.45, 2.75) is 6.43 Å². The molecular weight excluding hydrogens is 394 g/mol. The van der Waals surface area contributed by atoms with Gasteiger partial charge in [0.25, 0.3) is 11.7 Å². The van der Waals surface area contributed by atoms with Gasteiger partial charge in [-0.1, -0.05) is 0 Å². The molecule has 76 valence electrons. The monoisotopic (exact) mass is 395 g/mol. The molecular formula is C7H2BrClF2INO. The van der Waals surface area contributed by atoms with Crippen LogP contribution in [-0.2, 0) is 0 Å². The van der Waals surface area contributed by atoms with Crippen molar-refractivity contribution in [3.63, 3.8) is 0 Å². The topological polar surface area (TPSA) is 30.0 Å². The fourth-order valence-electron chi connectivity index (χ4n) is 0.776. The molecule has 0 radical (unpaired) electrons. The summed E-state index contributed by atoms with van der Waals surface area (Å²) in [6, 6.07) is 0.978. The maximum Gasteiger partial charge on any atom is 0.270 e. The van der Waals surface area contributed by atoms with E-state index in [1.165, 1.54) is 0 Å². The Labute approximate surface area is 105 Å². The van der Waals surface area contributed by atoms with Crippen LogP contribution < -0.4 is 0 Å². The highest BCUT2D eigenvalue weighted by Gasteiger charge is 2.18. The summed E-state index contributed by atoms with van der Waals surface area (Å²) in [5, 5.41) is -0.850. The number of hydrogen-bond acceptors (Lipinski definition) is 2. The molecule has 14 heavy (non-hydrogen) atoms. The molecule has 0 saturated carbocycles. The molecule has 1 heterocycles. The van der Waals surface area contributed by atoms with Gasteiger partial charge in [0.05, 0.1) is 4.47 Å². The van der Waals surface area contributed by atoms with E-state index in [4.69, 9.17) is 11.6 Å². The predicted molar refractivity (Wildman–Crippen MR) is 59.8 cm³/mol. The molecule has 1 rings (SSSR count). The van der Waals surface area contributed by atoms with Crippen molar-refractivity contribution in [2.75, 3.05) is 0 Å². The van der Waals surface area contributed by atoms with Crippen LogP contribution in [0, 0.1) is 3.70 Å². The van der Waals surface area contributed by atoms with E-state index in [9.17, 15) is 13.6 Å². The summed E-state index contributed by atoms with van der Waals surface area (Å²) in [6.07, 6.45) is -2.67. The van der Waals surface area contributed by atoms with Crippen molar-refractivity contribution in [2.24, 2.45) is 0 Å². The van der Waals surface area contributed by atoms with Crippen LogP contribution in [0.2, 0.25) is 0 Å². The number of alkyl halides is 2. The zero-order valence-electron chi connectivity index (χ0n) is 6.40. The molecule has 7 heteroatoms. The van der Waals surface area contributed by atoms with Gasteiger partial charge in [-0.15, -0.1) is 0 Å². The third kappa shape index (κ3) is 2.60. The molecule has 0 N–H and O–H groups in total. The lowest BCUT2D eigenvalue weighted by atomic mass is 10.2. The first-order valence-corrected chi connectivity index (χ1v) is 5.52. The van der Waals surface area contributed by atoms with Crippen LogP contribution in [0.25, 0.3) is 0 Å². The molecule has 0 fully saturated rings. The summed E-state index contributed by atoms with van der Waals surface area (Å²) in [5.41, 5.74) is -0.456. The zero-order valence-corrected chi connectivity index (χ0v) is 10.9. The molecule has 0 atom stereocenters. The van der Waals surface area contributed by atoms with E-state index in [2.05, 4.69) is 20.9 Å². The Morgan fingerprint density at radius 1 is 1.64 bits per heavy atom. The van der Waals surface area contributed by atoms with Crippen LogP contribution in [0.1, 0.15) is 22.5 Å². The highest BCUT2D eigenvalue weighted by molar-refractivity contribution is 14.1. The van der Waals surface area contributed by atoms with Crippen molar-refractivity contribution in [1.29, 1.82) is 0 Å². The summed E-state index contributed by atoms with van der Waals surface area (Å²) in [4.78, 5) is 14.5. The molecule has 1 aromatic rings. The van der Waals surface area contributed by atoms with Crippen LogP contribution in [-0.4, -0.2) is 10.2 Å². The number of carbonyl (C=O) groups is 1. The first kappa shape index (κ1) is 12.3. The van der Waals surface area contributed by atoms with Gasteiger partial charge in [-0.2, -0.15) is 0 Å². The van der Waals surface area contributed by atoms with Crippen LogP contribution in [0.3, 0.4) is 0 Å². The van der Waals surface area contributed by atoms with E-state index < -0.39 is 11.7 Å². The van der Waals surface area contributed by atoms with Gasteiger partial charge in [0.2, 0.25) is 0 Å². The van der Waals surface area contributed by atoms with Crippen molar-refractivity contribution in [3.8, 4) is 0 Å². The molecule has 0 aliphatic heterocycles. The van der Waals surface area contributed by atoms with Crippen LogP contribution in [0.4, 0.5) is 8.78 Å². The summed E-state index contributed by atoms with van der Waals surface area (Å²) in [6.45, 7) is 0. The molecule has 0 amide bonds. The number of pyridine rings is 1. The minimum absolute atomic E-state index is 0.172. The Bertz CT molecular complexity index is 388. The fraction of sp³-hybridized carbons (Fsp3) is 0.143. The van der Waals surface area contributed by atoms with E-state index in [0.717, 1.165) is 6.07 Å². The largest absolute Gasteiger partial charge is 0.274 e. The molecule has 0 aliphatic carbocycles. The van der Waals surface area contributed by atoms with Gasteiger partial charge in [0, 0.05) is 5.56 Å². The standard InChI is InChI=1S/C7H2BrClF2INO/c8-4-2(6(10)11)1-3(5(9)14)13-7(4)12/h1,6H. The summed E-state index contributed by atoms with van der Waals surface area (Å²) in [7, 11) is 0. The number of halogens is 5. The molecule has 2 nitrogen and oxygen atoms in total. The van der Waals surface area contributed by atoms with Crippen molar-refractivity contribution >= 4 is 55.4 Å². The normalized spacial score (nSPS) is 10.7. The molecule has 0 aliphatic rings. The summed E-state index contributed by atoms with van der Waals surface area (Å²) < 4.78 is 25.3. The second-order valence-corrected chi connectivity index (χ2v) is 4.43. The highest BCUT2D eigenvalue weighted by atomic mass is 127. The summed E-state index contributed by atoms with van der Waals surface area (Å²) >= 11 is 9.84. The number of hydrogen-bond donors (Lipinski definition) is 0. The lowest BCUT2D eigenvalue weighted by Gasteiger charge is -2.05. The van der Waals surface area contributed by atoms with Crippen LogP contribution in [0.15, 0.2) is 10.5 Å². The van der Waals surface area contributed by atoms with Gasteiger partial charge in [-0.05, 0) is 56.2 Å². The quantitative estimate of drug-likeness (QED) is 0.433. The van der Waals surface area contributed by atoms with Gasteiger partial charge < -0.3 is 0 Å². The van der Waals surface area contributed by atoms with E-state index in [1.807, 2.05) is 0 Å². The van der Waals surface area contributed by atoms with Gasteiger partial charge in [0.15, 0.2) is 0 Å². The molecule has 0 spiro atoms. The lowest BCUT2D eigenvalue weighted by Crippen LogP contribution is -2.01. The van der Waals surface area contributed by atoms with Gasteiger partial charge in [-0.3, -0.25) is 4.79 Å². The number of aromatic nitrogens is 1. The third-order valence-corrected chi connectivity index (χ3v) is 3.93.